The van der Waals surface area contributed by atoms with E-state index >= 15 is 0 Å². The molecule has 0 spiro atoms. The van der Waals surface area contributed by atoms with Crippen LogP contribution in [0.2, 0.25) is 0 Å². The molecule has 2 aromatic rings. The minimum Gasteiger partial charge on any atom is -0.457 e. The van der Waals surface area contributed by atoms with Gasteiger partial charge in [-0.2, -0.15) is 0 Å². The molecule has 2 nitrogen and oxygen atoms in total. The fourth-order valence-corrected chi connectivity index (χ4v) is 2.58. The SMILES string of the molecule is C1=CCC(NCc2cccc(Oc3ccccc3)c2)CC1. The summed E-state index contributed by atoms with van der Waals surface area (Å²) in [4.78, 5) is 0. The first-order valence-corrected chi connectivity index (χ1v) is 7.60. The van der Waals surface area contributed by atoms with Gasteiger partial charge in [-0.25, -0.2) is 0 Å². The van der Waals surface area contributed by atoms with Crippen molar-refractivity contribution in [2.24, 2.45) is 0 Å². The van der Waals surface area contributed by atoms with E-state index < -0.39 is 0 Å². The lowest BCUT2D eigenvalue weighted by atomic mass is 10.0. The summed E-state index contributed by atoms with van der Waals surface area (Å²) >= 11 is 0. The highest BCUT2D eigenvalue weighted by atomic mass is 16.5. The van der Waals surface area contributed by atoms with E-state index in [2.05, 4.69) is 35.7 Å². The van der Waals surface area contributed by atoms with Gasteiger partial charge in [-0.15, -0.1) is 0 Å². The zero-order valence-electron chi connectivity index (χ0n) is 12.2. The minimum absolute atomic E-state index is 0.605. The third-order valence-corrected chi connectivity index (χ3v) is 3.74. The van der Waals surface area contributed by atoms with Gasteiger partial charge in [-0.1, -0.05) is 42.5 Å². The normalized spacial score (nSPS) is 17.6. The zero-order valence-corrected chi connectivity index (χ0v) is 12.2. The molecule has 0 fully saturated rings. The molecule has 0 heterocycles. The predicted molar refractivity (Wildman–Crippen MR) is 86.6 cm³/mol. The lowest BCUT2D eigenvalue weighted by Crippen LogP contribution is -2.29. The van der Waals surface area contributed by atoms with Crippen molar-refractivity contribution in [3.63, 3.8) is 0 Å². The highest BCUT2D eigenvalue weighted by Gasteiger charge is 2.08. The molecule has 1 aliphatic rings. The third-order valence-electron chi connectivity index (χ3n) is 3.74. The summed E-state index contributed by atoms with van der Waals surface area (Å²) < 4.78 is 5.87. The number of hydrogen-bond donors (Lipinski definition) is 1. The van der Waals surface area contributed by atoms with Gasteiger partial charge in [-0.05, 0) is 49.1 Å². The van der Waals surface area contributed by atoms with Crippen molar-refractivity contribution in [1.82, 2.24) is 5.32 Å². The first kappa shape index (κ1) is 13.9. The van der Waals surface area contributed by atoms with Crippen molar-refractivity contribution in [2.75, 3.05) is 0 Å². The quantitative estimate of drug-likeness (QED) is 0.803. The molecular formula is C19H21NO. The Hall–Kier alpha value is -2.06. The van der Waals surface area contributed by atoms with Gasteiger partial charge in [0.1, 0.15) is 11.5 Å². The molecule has 21 heavy (non-hydrogen) atoms. The van der Waals surface area contributed by atoms with Gasteiger partial charge in [0.2, 0.25) is 0 Å². The van der Waals surface area contributed by atoms with Gasteiger partial charge in [0.25, 0.3) is 0 Å². The van der Waals surface area contributed by atoms with Crippen molar-refractivity contribution in [1.29, 1.82) is 0 Å². The van der Waals surface area contributed by atoms with E-state index in [0.717, 1.165) is 24.5 Å². The molecule has 1 unspecified atom stereocenters. The summed E-state index contributed by atoms with van der Waals surface area (Å²) in [7, 11) is 0. The van der Waals surface area contributed by atoms with Crippen molar-refractivity contribution in [2.45, 2.75) is 31.8 Å². The van der Waals surface area contributed by atoms with E-state index in [1.807, 2.05) is 36.4 Å². The van der Waals surface area contributed by atoms with E-state index in [-0.39, 0.29) is 0 Å². The monoisotopic (exact) mass is 279 g/mol. The number of ether oxygens (including phenoxy) is 1. The molecule has 0 aliphatic heterocycles. The zero-order chi connectivity index (χ0) is 14.3. The molecule has 2 heteroatoms. The summed E-state index contributed by atoms with van der Waals surface area (Å²) in [6.07, 6.45) is 8.11. The molecular weight excluding hydrogens is 258 g/mol. The van der Waals surface area contributed by atoms with Crippen LogP contribution in [0.15, 0.2) is 66.7 Å². The van der Waals surface area contributed by atoms with Gasteiger partial charge in [0, 0.05) is 12.6 Å². The molecule has 0 bridgehead atoms. The molecule has 0 saturated carbocycles. The molecule has 0 radical (unpaired) electrons. The van der Waals surface area contributed by atoms with E-state index in [1.54, 1.807) is 0 Å². The number of rotatable bonds is 5. The lowest BCUT2D eigenvalue weighted by molar-refractivity contribution is 0.468. The Labute approximate surface area is 126 Å². The largest absolute Gasteiger partial charge is 0.457 e. The third kappa shape index (κ3) is 4.20. The van der Waals surface area contributed by atoms with Crippen LogP contribution in [0.1, 0.15) is 24.8 Å². The molecule has 108 valence electrons. The highest BCUT2D eigenvalue weighted by Crippen LogP contribution is 2.22. The summed E-state index contributed by atoms with van der Waals surface area (Å²) in [5.74, 6) is 1.77. The standard InChI is InChI=1S/C19H21NO/c1-3-9-17(10-4-1)20-15-16-8-7-13-19(14-16)21-18-11-5-2-6-12-18/h1-3,5-8,11-14,17,20H,4,9-10,15H2. The van der Waals surface area contributed by atoms with Crippen molar-refractivity contribution < 1.29 is 4.74 Å². The van der Waals surface area contributed by atoms with Gasteiger partial charge in [0.05, 0.1) is 0 Å². The van der Waals surface area contributed by atoms with Crippen molar-refractivity contribution in [3.8, 4) is 11.5 Å². The highest BCUT2D eigenvalue weighted by molar-refractivity contribution is 5.33. The van der Waals surface area contributed by atoms with Crippen LogP contribution in [0.5, 0.6) is 11.5 Å². The van der Waals surface area contributed by atoms with E-state index in [1.165, 1.54) is 18.4 Å². The summed E-state index contributed by atoms with van der Waals surface area (Å²) in [5, 5.41) is 3.62. The maximum Gasteiger partial charge on any atom is 0.127 e. The van der Waals surface area contributed by atoms with Crippen LogP contribution in [0.4, 0.5) is 0 Å². The Morgan fingerprint density at radius 2 is 1.81 bits per heavy atom. The average Bonchev–Trinajstić information content (AvgIpc) is 2.55. The van der Waals surface area contributed by atoms with Gasteiger partial charge in [0.15, 0.2) is 0 Å². The van der Waals surface area contributed by atoms with Gasteiger partial charge in [-0.3, -0.25) is 0 Å². The topological polar surface area (TPSA) is 21.3 Å². The molecule has 0 amide bonds. The van der Waals surface area contributed by atoms with Crippen LogP contribution in [-0.2, 0) is 6.54 Å². The van der Waals surface area contributed by atoms with E-state index in [4.69, 9.17) is 4.74 Å². The summed E-state index contributed by atoms with van der Waals surface area (Å²) in [6, 6.07) is 18.8. The second kappa shape index (κ2) is 7.09. The van der Waals surface area contributed by atoms with Crippen molar-refractivity contribution >= 4 is 0 Å². The Bertz CT molecular complexity index is 592. The second-order valence-electron chi connectivity index (χ2n) is 5.42. The summed E-state index contributed by atoms with van der Waals surface area (Å²) in [5.41, 5.74) is 1.26. The maximum absolute atomic E-state index is 5.87. The molecule has 0 aromatic heterocycles. The lowest BCUT2D eigenvalue weighted by Gasteiger charge is -2.19. The minimum atomic E-state index is 0.605. The first-order valence-electron chi connectivity index (χ1n) is 7.60. The number of allylic oxidation sites excluding steroid dienone is 1. The molecule has 3 rings (SSSR count). The van der Waals surface area contributed by atoms with Crippen LogP contribution in [0, 0.1) is 0 Å². The number of nitrogens with one attached hydrogen (secondary N) is 1. The molecule has 1 N–H and O–H groups in total. The molecule has 1 aliphatic carbocycles. The molecule has 1 atom stereocenters. The Kier molecular flexibility index (Phi) is 4.70. The van der Waals surface area contributed by atoms with Crippen LogP contribution >= 0.6 is 0 Å². The predicted octanol–water partition coefficient (Wildman–Crippen LogP) is 4.68. The maximum atomic E-state index is 5.87. The van der Waals surface area contributed by atoms with Gasteiger partial charge >= 0.3 is 0 Å². The van der Waals surface area contributed by atoms with Crippen LogP contribution < -0.4 is 10.1 Å². The number of hydrogen-bond acceptors (Lipinski definition) is 2. The van der Waals surface area contributed by atoms with E-state index in [9.17, 15) is 0 Å². The number of benzene rings is 2. The van der Waals surface area contributed by atoms with Crippen molar-refractivity contribution in [3.05, 3.63) is 72.3 Å². The summed E-state index contributed by atoms with van der Waals surface area (Å²) in [6.45, 7) is 0.893. The fourth-order valence-electron chi connectivity index (χ4n) is 2.58. The van der Waals surface area contributed by atoms with Crippen LogP contribution in [0.3, 0.4) is 0 Å². The van der Waals surface area contributed by atoms with E-state index in [0.29, 0.717) is 6.04 Å². The fraction of sp³-hybridized carbons (Fsp3) is 0.263. The average molecular weight is 279 g/mol. The smallest absolute Gasteiger partial charge is 0.127 e. The number of para-hydroxylation sites is 1. The Morgan fingerprint density at radius 3 is 2.62 bits per heavy atom. The molecule has 2 aromatic carbocycles. The molecule has 0 saturated heterocycles. The Morgan fingerprint density at radius 1 is 0.952 bits per heavy atom. The van der Waals surface area contributed by atoms with Crippen LogP contribution in [0.25, 0.3) is 0 Å². The first-order chi connectivity index (χ1) is 10.4. The van der Waals surface area contributed by atoms with Crippen LogP contribution in [-0.4, -0.2) is 6.04 Å². The van der Waals surface area contributed by atoms with Gasteiger partial charge < -0.3 is 10.1 Å². The second-order valence-corrected chi connectivity index (χ2v) is 5.42. The Balaban J connectivity index is 1.59.